The average molecular weight is 308 g/mol. The van der Waals surface area contributed by atoms with E-state index < -0.39 is 0 Å². The number of halogens is 2. The lowest BCUT2D eigenvalue weighted by Crippen LogP contribution is -2.16. The van der Waals surface area contributed by atoms with Crippen LogP contribution in [0.5, 0.6) is 0 Å². The molecule has 0 aliphatic heterocycles. The van der Waals surface area contributed by atoms with Gasteiger partial charge in [-0.1, -0.05) is 35.3 Å². The van der Waals surface area contributed by atoms with Gasteiger partial charge < -0.3 is 10.3 Å². The largest absolute Gasteiger partial charge is 0.327 e. The van der Waals surface area contributed by atoms with Gasteiger partial charge in [-0.2, -0.15) is 5.26 Å². The van der Waals surface area contributed by atoms with Gasteiger partial charge in [0.05, 0.1) is 21.3 Å². The minimum absolute atomic E-state index is 0.312. The maximum atomic E-state index is 9.14. The van der Waals surface area contributed by atoms with Gasteiger partial charge in [-0.05, 0) is 18.2 Å². The summed E-state index contributed by atoms with van der Waals surface area (Å²) in [5.74, 6) is 6.12. The van der Waals surface area contributed by atoms with Gasteiger partial charge in [0.1, 0.15) is 6.07 Å². The summed E-state index contributed by atoms with van der Waals surface area (Å²) >= 11 is 12.1. The second-order valence-electron chi connectivity index (χ2n) is 3.96. The van der Waals surface area contributed by atoms with Gasteiger partial charge >= 0.3 is 0 Å². The SMILES string of the molecule is CN(c1ccccc1C#N)c1nc(NN)c(Cl)cc1Cl. The summed E-state index contributed by atoms with van der Waals surface area (Å²) in [6, 6.07) is 10.8. The Morgan fingerprint density at radius 3 is 2.65 bits per heavy atom. The first-order valence-corrected chi connectivity index (χ1v) is 6.39. The van der Waals surface area contributed by atoms with Gasteiger partial charge in [-0.25, -0.2) is 10.8 Å². The van der Waals surface area contributed by atoms with Crippen molar-refractivity contribution in [1.29, 1.82) is 5.26 Å². The maximum absolute atomic E-state index is 9.14. The number of benzene rings is 1. The number of hydrogen-bond acceptors (Lipinski definition) is 5. The zero-order valence-electron chi connectivity index (χ0n) is 10.6. The molecule has 20 heavy (non-hydrogen) atoms. The van der Waals surface area contributed by atoms with Crippen molar-refractivity contribution in [2.45, 2.75) is 0 Å². The molecule has 0 bridgehead atoms. The summed E-state index contributed by atoms with van der Waals surface area (Å²) in [5, 5.41) is 9.83. The summed E-state index contributed by atoms with van der Waals surface area (Å²) in [7, 11) is 1.76. The van der Waals surface area contributed by atoms with Gasteiger partial charge in [0, 0.05) is 7.05 Å². The van der Waals surface area contributed by atoms with Crippen LogP contribution in [0.25, 0.3) is 0 Å². The molecule has 1 heterocycles. The number of rotatable bonds is 3. The second kappa shape index (κ2) is 5.97. The van der Waals surface area contributed by atoms with Crippen molar-refractivity contribution in [2.24, 2.45) is 5.84 Å². The van der Waals surface area contributed by atoms with E-state index in [-0.39, 0.29) is 0 Å². The molecule has 2 aromatic rings. The molecule has 7 heteroatoms. The Kier molecular flexibility index (Phi) is 4.30. The van der Waals surface area contributed by atoms with Crippen molar-refractivity contribution in [1.82, 2.24) is 4.98 Å². The van der Waals surface area contributed by atoms with Crippen molar-refractivity contribution in [2.75, 3.05) is 17.4 Å². The molecule has 0 saturated heterocycles. The van der Waals surface area contributed by atoms with Gasteiger partial charge in [0.15, 0.2) is 11.6 Å². The Morgan fingerprint density at radius 1 is 1.30 bits per heavy atom. The number of pyridine rings is 1. The lowest BCUT2D eigenvalue weighted by molar-refractivity contribution is 1.11. The minimum atomic E-state index is 0.312. The summed E-state index contributed by atoms with van der Waals surface area (Å²) in [5.41, 5.74) is 3.61. The van der Waals surface area contributed by atoms with E-state index in [0.717, 1.165) is 0 Å². The van der Waals surface area contributed by atoms with Crippen molar-refractivity contribution in [3.8, 4) is 6.07 Å². The van der Waals surface area contributed by atoms with Gasteiger partial charge in [0.25, 0.3) is 0 Å². The van der Waals surface area contributed by atoms with Gasteiger partial charge in [0.2, 0.25) is 0 Å². The molecule has 0 saturated carbocycles. The standard InChI is InChI=1S/C13H11Cl2N5/c1-20(11-5-3-2-4-8(11)7-16)13-10(15)6-9(14)12(18-13)19-17/h2-6H,17H2,1H3,(H,18,19). The molecule has 0 atom stereocenters. The van der Waals surface area contributed by atoms with Crippen LogP contribution in [0.15, 0.2) is 30.3 Å². The summed E-state index contributed by atoms with van der Waals surface area (Å²) in [6.07, 6.45) is 0. The van der Waals surface area contributed by atoms with Crippen molar-refractivity contribution in [3.05, 3.63) is 45.9 Å². The van der Waals surface area contributed by atoms with E-state index in [0.29, 0.717) is 32.9 Å². The number of nitrogens with zero attached hydrogens (tertiary/aromatic N) is 3. The maximum Gasteiger partial charge on any atom is 0.161 e. The fraction of sp³-hybridized carbons (Fsp3) is 0.0769. The first-order chi connectivity index (χ1) is 9.58. The Balaban J connectivity index is 2.54. The normalized spacial score (nSPS) is 9.95. The first-order valence-electron chi connectivity index (χ1n) is 5.64. The molecule has 5 nitrogen and oxygen atoms in total. The minimum Gasteiger partial charge on any atom is -0.327 e. The van der Waals surface area contributed by atoms with Gasteiger partial charge in [-0.3, -0.25) is 0 Å². The van der Waals surface area contributed by atoms with E-state index in [9.17, 15) is 0 Å². The fourth-order valence-electron chi connectivity index (χ4n) is 1.77. The Morgan fingerprint density at radius 2 is 2.00 bits per heavy atom. The topological polar surface area (TPSA) is 78.0 Å². The molecule has 0 aliphatic rings. The first kappa shape index (κ1) is 14.4. The fourth-order valence-corrected chi connectivity index (χ4v) is 2.31. The molecule has 0 amide bonds. The molecular formula is C13H11Cl2N5. The van der Waals surface area contributed by atoms with Crippen LogP contribution in [0.2, 0.25) is 10.0 Å². The van der Waals surface area contributed by atoms with Crippen LogP contribution in [0.4, 0.5) is 17.3 Å². The average Bonchev–Trinajstić information content (AvgIpc) is 2.46. The Hall–Kier alpha value is -2.00. The quantitative estimate of drug-likeness (QED) is 0.672. The number of hydrogen-bond donors (Lipinski definition) is 2. The van der Waals surface area contributed by atoms with Crippen LogP contribution >= 0.6 is 23.2 Å². The van der Waals surface area contributed by atoms with Crippen LogP contribution in [0, 0.1) is 11.3 Å². The van der Waals surface area contributed by atoms with E-state index >= 15 is 0 Å². The number of para-hydroxylation sites is 1. The van der Waals surface area contributed by atoms with Crippen LogP contribution in [0.1, 0.15) is 5.56 Å². The van der Waals surface area contributed by atoms with E-state index in [2.05, 4.69) is 16.5 Å². The van der Waals surface area contributed by atoms with Crippen LogP contribution in [0.3, 0.4) is 0 Å². The van der Waals surface area contributed by atoms with Crippen molar-refractivity contribution in [3.63, 3.8) is 0 Å². The second-order valence-corrected chi connectivity index (χ2v) is 4.77. The third-order valence-corrected chi connectivity index (χ3v) is 3.32. The third kappa shape index (κ3) is 2.63. The molecule has 0 radical (unpaired) electrons. The molecule has 1 aromatic carbocycles. The Bertz CT molecular complexity index is 681. The van der Waals surface area contributed by atoms with Crippen molar-refractivity contribution < 1.29 is 0 Å². The number of nitrogen functional groups attached to an aromatic ring is 1. The Labute approximate surface area is 126 Å². The highest BCUT2D eigenvalue weighted by Gasteiger charge is 2.16. The summed E-state index contributed by atoms with van der Waals surface area (Å²) < 4.78 is 0. The van der Waals surface area contributed by atoms with Gasteiger partial charge in [-0.15, -0.1) is 0 Å². The van der Waals surface area contributed by atoms with E-state index in [1.54, 1.807) is 36.2 Å². The monoisotopic (exact) mass is 307 g/mol. The number of aromatic nitrogens is 1. The molecular weight excluding hydrogens is 297 g/mol. The highest BCUT2D eigenvalue weighted by molar-refractivity contribution is 6.37. The zero-order chi connectivity index (χ0) is 14.7. The molecule has 3 N–H and O–H groups in total. The number of nitrogens with one attached hydrogen (secondary N) is 1. The van der Waals surface area contributed by atoms with E-state index in [1.165, 1.54) is 0 Å². The molecule has 0 fully saturated rings. The highest BCUT2D eigenvalue weighted by atomic mass is 35.5. The molecule has 0 aliphatic carbocycles. The lowest BCUT2D eigenvalue weighted by Gasteiger charge is -2.21. The van der Waals surface area contributed by atoms with Crippen LogP contribution in [-0.2, 0) is 0 Å². The zero-order valence-corrected chi connectivity index (χ0v) is 12.1. The predicted octanol–water partition coefficient (Wildman–Crippen LogP) is 3.31. The molecule has 0 spiro atoms. The number of hydrazine groups is 1. The molecule has 0 unspecified atom stereocenters. The van der Waals surface area contributed by atoms with Crippen LogP contribution < -0.4 is 16.2 Å². The number of nitrogens with two attached hydrogens (primary N) is 1. The molecule has 2 rings (SSSR count). The van der Waals surface area contributed by atoms with Crippen LogP contribution in [-0.4, -0.2) is 12.0 Å². The van der Waals surface area contributed by atoms with E-state index in [1.807, 2.05) is 6.07 Å². The molecule has 102 valence electrons. The summed E-state index contributed by atoms with van der Waals surface area (Å²) in [6.45, 7) is 0. The van der Waals surface area contributed by atoms with Crippen molar-refractivity contribution >= 4 is 40.5 Å². The smallest absolute Gasteiger partial charge is 0.161 e. The lowest BCUT2D eigenvalue weighted by atomic mass is 10.2. The number of anilines is 3. The number of nitriles is 1. The summed E-state index contributed by atoms with van der Waals surface area (Å²) in [4.78, 5) is 5.96. The molecule has 1 aromatic heterocycles. The predicted molar refractivity (Wildman–Crippen MR) is 81.3 cm³/mol. The van der Waals surface area contributed by atoms with E-state index in [4.69, 9.17) is 34.3 Å². The third-order valence-electron chi connectivity index (χ3n) is 2.75. The highest BCUT2D eigenvalue weighted by Crippen LogP contribution is 2.34.